The molecule has 1 unspecified atom stereocenters. The van der Waals surface area contributed by atoms with E-state index in [1.807, 2.05) is 24.3 Å². The number of hydrogen-bond donors (Lipinski definition) is 1. The van der Waals surface area contributed by atoms with Gasteiger partial charge in [-0.05, 0) is 48.7 Å². The Morgan fingerprint density at radius 1 is 1.32 bits per heavy atom. The molecule has 2 aromatic carbocycles. The minimum Gasteiger partial charge on any atom is -0.484 e. The Balaban J connectivity index is 1.51. The first-order valence-electron chi connectivity index (χ1n) is 8.24. The van der Waals surface area contributed by atoms with Crippen LogP contribution in [0.15, 0.2) is 42.5 Å². The lowest BCUT2D eigenvalue weighted by Gasteiger charge is -2.18. The fourth-order valence-corrected chi connectivity index (χ4v) is 3.01. The summed E-state index contributed by atoms with van der Waals surface area (Å²) in [5, 5.41) is 2.74. The lowest BCUT2D eigenvalue weighted by molar-refractivity contribution is -0.118. The third-order valence-electron chi connectivity index (χ3n) is 4.20. The minimum absolute atomic E-state index is 0.0373. The summed E-state index contributed by atoms with van der Waals surface area (Å²) in [6, 6.07) is 11.8. The normalized spacial score (nSPS) is 16.8. The van der Waals surface area contributed by atoms with Crippen molar-refractivity contribution in [3.63, 3.8) is 0 Å². The van der Waals surface area contributed by atoms with Crippen molar-refractivity contribution >= 4 is 28.9 Å². The molecule has 6 heteroatoms. The van der Waals surface area contributed by atoms with Gasteiger partial charge in [-0.3, -0.25) is 4.79 Å². The second kappa shape index (κ2) is 7.74. The molecule has 0 spiro atoms. The molecule has 1 N–H and O–H groups in total. The number of nitrogens with one attached hydrogen (secondary N) is 1. The van der Waals surface area contributed by atoms with Gasteiger partial charge in [-0.25, -0.2) is 4.39 Å². The van der Waals surface area contributed by atoms with Gasteiger partial charge in [0, 0.05) is 30.5 Å². The molecule has 1 aliphatic heterocycles. The minimum atomic E-state index is -0.522. The number of benzene rings is 2. The van der Waals surface area contributed by atoms with Gasteiger partial charge < -0.3 is 15.0 Å². The van der Waals surface area contributed by atoms with E-state index in [0.717, 1.165) is 19.0 Å². The first-order chi connectivity index (χ1) is 12.0. The molecule has 4 nitrogen and oxygen atoms in total. The molecule has 3 rings (SSSR count). The van der Waals surface area contributed by atoms with Crippen molar-refractivity contribution in [1.82, 2.24) is 0 Å². The number of carbonyl (C=O) groups is 1. The molecule has 1 heterocycles. The maximum absolute atomic E-state index is 13.1. The molecule has 0 aliphatic carbocycles. The van der Waals surface area contributed by atoms with E-state index in [9.17, 15) is 9.18 Å². The zero-order chi connectivity index (χ0) is 17.8. The monoisotopic (exact) mass is 362 g/mol. The van der Waals surface area contributed by atoms with Crippen LogP contribution in [0.25, 0.3) is 0 Å². The lowest BCUT2D eigenvalue weighted by atomic mass is 10.2. The van der Waals surface area contributed by atoms with Crippen LogP contribution >= 0.6 is 11.6 Å². The molecule has 0 saturated carbocycles. The first-order valence-corrected chi connectivity index (χ1v) is 8.62. The number of halogens is 2. The van der Waals surface area contributed by atoms with E-state index < -0.39 is 5.82 Å². The second-order valence-electron chi connectivity index (χ2n) is 6.30. The van der Waals surface area contributed by atoms with Crippen LogP contribution in [0, 0.1) is 11.7 Å². The van der Waals surface area contributed by atoms with E-state index in [4.69, 9.17) is 16.3 Å². The van der Waals surface area contributed by atoms with E-state index >= 15 is 0 Å². The van der Waals surface area contributed by atoms with Gasteiger partial charge in [-0.1, -0.05) is 18.5 Å². The van der Waals surface area contributed by atoms with E-state index in [1.165, 1.54) is 30.3 Å². The quantitative estimate of drug-likeness (QED) is 0.860. The predicted molar refractivity (Wildman–Crippen MR) is 98.0 cm³/mol. The standard InChI is InChI=1S/C19H20ClFN2O2/c1-13-8-9-23(11-13)15-4-2-14(3-5-15)22-19(24)12-25-16-6-7-18(21)17(20)10-16/h2-7,10,13H,8-9,11-12H2,1H3,(H,22,24). The van der Waals surface area contributed by atoms with Gasteiger partial charge in [0.25, 0.3) is 5.91 Å². The summed E-state index contributed by atoms with van der Waals surface area (Å²) < 4.78 is 18.4. The average molecular weight is 363 g/mol. The maximum Gasteiger partial charge on any atom is 0.262 e. The van der Waals surface area contributed by atoms with Crippen molar-refractivity contribution in [2.24, 2.45) is 5.92 Å². The van der Waals surface area contributed by atoms with Crippen molar-refractivity contribution in [2.45, 2.75) is 13.3 Å². The fraction of sp³-hybridized carbons (Fsp3) is 0.316. The van der Waals surface area contributed by atoms with Crippen LogP contribution in [0.4, 0.5) is 15.8 Å². The van der Waals surface area contributed by atoms with Crippen molar-refractivity contribution in [3.05, 3.63) is 53.3 Å². The van der Waals surface area contributed by atoms with Crippen LogP contribution in [0.2, 0.25) is 5.02 Å². The zero-order valence-electron chi connectivity index (χ0n) is 14.0. The van der Waals surface area contributed by atoms with E-state index in [0.29, 0.717) is 11.4 Å². The van der Waals surface area contributed by atoms with Crippen LogP contribution in [-0.2, 0) is 4.79 Å². The maximum atomic E-state index is 13.1. The Kier molecular flexibility index (Phi) is 5.43. The van der Waals surface area contributed by atoms with Crippen LogP contribution < -0.4 is 15.0 Å². The summed E-state index contributed by atoms with van der Waals surface area (Å²) in [6.07, 6.45) is 1.21. The van der Waals surface area contributed by atoms with E-state index in [-0.39, 0.29) is 17.5 Å². The highest BCUT2D eigenvalue weighted by Crippen LogP contribution is 2.25. The van der Waals surface area contributed by atoms with Crippen LogP contribution in [0.5, 0.6) is 5.75 Å². The Morgan fingerprint density at radius 2 is 2.08 bits per heavy atom. The SMILES string of the molecule is CC1CCN(c2ccc(NC(=O)COc3ccc(F)c(Cl)c3)cc2)C1. The first kappa shape index (κ1) is 17.5. The number of amides is 1. The highest BCUT2D eigenvalue weighted by Gasteiger charge is 2.18. The third-order valence-corrected chi connectivity index (χ3v) is 4.49. The average Bonchev–Trinajstić information content (AvgIpc) is 3.03. The number of nitrogens with zero attached hydrogens (tertiary/aromatic N) is 1. The van der Waals surface area contributed by atoms with E-state index in [1.54, 1.807) is 0 Å². The molecule has 25 heavy (non-hydrogen) atoms. The lowest BCUT2D eigenvalue weighted by Crippen LogP contribution is -2.21. The number of rotatable bonds is 5. The summed E-state index contributed by atoms with van der Waals surface area (Å²) >= 11 is 5.68. The van der Waals surface area contributed by atoms with Crippen molar-refractivity contribution in [3.8, 4) is 5.75 Å². The van der Waals surface area contributed by atoms with Crippen molar-refractivity contribution < 1.29 is 13.9 Å². The van der Waals surface area contributed by atoms with Crippen LogP contribution in [-0.4, -0.2) is 25.6 Å². The predicted octanol–water partition coefficient (Wildman–Crippen LogP) is 4.34. The molecule has 0 aromatic heterocycles. The van der Waals surface area contributed by atoms with E-state index in [2.05, 4.69) is 17.1 Å². The van der Waals surface area contributed by atoms with Crippen LogP contribution in [0.3, 0.4) is 0 Å². The Hall–Kier alpha value is -2.27. The number of carbonyl (C=O) groups excluding carboxylic acids is 1. The summed E-state index contributed by atoms with van der Waals surface area (Å²) in [4.78, 5) is 14.3. The summed E-state index contributed by atoms with van der Waals surface area (Å²) in [6.45, 7) is 4.22. The second-order valence-corrected chi connectivity index (χ2v) is 6.71. The van der Waals surface area contributed by atoms with Gasteiger partial charge in [0.05, 0.1) is 5.02 Å². The van der Waals surface area contributed by atoms with Crippen molar-refractivity contribution in [2.75, 3.05) is 29.9 Å². The molecule has 1 aliphatic rings. The largest absolute Gasteiger partial charge is 0.484 e. The molecular weight excluding hydrogens is 343 g/mol. The zero-order valence-corrected chi connectivity index (χ0v) is 14.7. The number of ether oxygens (including phenoxy) is 1. The Labute approximate surface area is 151 Å². The Morgan fingerprint density at radius 3 is 2.72 bits per heavy atom. The van der Waals surface area contributed by atoms with Crippen molar-refractivity contribution in [1.29, 1.82) is 0 Å². The van der Waals surface area contributed by atoms with Gasteiger partial charge >= 0.3 is 0 Å². The molecular formula is C19H20ClFN2O2. The Bertz CT molecular complexity index is 752. The molecule has 0 radical (unpaired) electrons. The molecule has 0 bridgehead atoms. The third kappa shape index (κ3) is 4.63. The van der Waals surface area contributed by atoms with Gasteiger partial charge in [-0.15, -0.1) is 0 Å². The molecule has 1 saturated heterocycles. The summed E-state index contributed by atoms with van der Waals surface area (Å²) in [5.74, 6) is 0.255. The van der Waals surface area contributed by atoms with Crippen LogP contribution in [0.1, 0.15) is 13.3 Å². The number of anilines is 2. The molecule has 2 aromatic rings. The van der Waals surface area contributed by atoms with Gasteiger partial charge in [0.2, 0.25) is 0 Å². The fourth-order valence-electron chi connectivity index (χ4n) is 2.84. The summed E-state index contributed by atoms with van der Waals surface area (Å²) in [5.41, 5.74) is 1.88. The molecule has 132 valence electrons. The topological polar surface area (TPSA) is 41.6 Å². The molecule has 1 amide bonds. The highest BCUT2D eigenvalue weighted by molar-refractivity contribution is 6.30. The highest BCUT2D eigenvalue weighted by atomic mass is 35.5. The molecule has 1 fully saturated rings. The smallest absolute Gasteiger partial charge is 0.262 e. The van der Waals surface area contributed by atoms with Gasteiger partial charge in [0.1, 0.15) is 11.6 Å². The number of hydrogen-bond acceptors (Lipinski definition) is 3. The molecule has 1 atom stereocenters. The summed E-state index contributed by atoms with van der Waals surface area (Å²) in [7, 11) is 0. The van der Waals surface area contributed by atoms with Gasteiger partial charge in [0.15, 0.2) is 6.61 Å². The van der Waals surface area contributed by atoms with Gasteiger partial charge in [-0.2, -0.15) is 0 Å².